The molecule has 2 fully saturated rings. The second-order valence-corrected chi connectivity index (χ2v) is 3.64. The fraction of sp³-hybridized carbons (Fsp3) is 1.00. The molecule has 3 atom stereocenters. The normalized spacial score (nSPS) is 45.8. The highest BCUT2D eigenvalue weighted by atomic mass is 16.3. The summed E-state index contributed by atoms with van der Waals surface area (Å²) in [5.41, 5.74) is 0. The summed E-state index contributed by atoms with van der Waals surface area (Å²) in [6, 6.07) is 0.249. The fourth-order valence-corrected chi connectivity index (χ4v) is 2.19. The molecule has 0 saturated carbocycles. The van der Waals surface area contributed by atoms with Gasteiger partial charge in [-0.25, -0.2) is 0 Å². The van der Waals surface area contributed by atoms with Gasteiger partial charge in [0.05, 0.1) is 12.2 Å². The number of aliphatic hydroxyl groups excluding tert-OH is 2. The molecule has 0 radical (unpaired) electrons. The number of aliphatic hydroxyl groups is 2. The summed E-state index contributed by atoms with van der Waals surface area (Å²) < 4.78 is 0. The van der Waals surface area contributed by atoms with Crippen LogP contribution in [0.1, 0.15) is 19.3 Å². The molecule has 2 rings (SSSR count). The largest absolute Gasteiger partial charge is 0.393 e. The van der Waals surface area contributed by atoms with Gasteiger partial charge in [0.25, 0.3) is 0 Å². The Labute approximate surface area is 66.6 Å². The summed E-state index contributed by atoms with van der Waals surface area (Å²) in [6.45, 7) is 1.97. The van der Waals surface area contributed by atoms with E-state index in [1.165, 1.54) is 0 Å². The third-order valence-electron chi connectivity index (χ3n) is 2.89. The van der Waals surface area contributed by atoms with E-state index in [-0.39, 0.29) is 18.2 Å². The van der Waals surface area contributed by atoms with E-state index >= 15 is 0 Å². The molecular weight excluding hydrogens is 142 g/mol. The minimum Gasteiger partial charge on any atom is -0.393 e. The smallest absolute Gasteiger partial charge is 0.0708 e. The molecule has 2 heterocycles. The van der Waals surface area contributed by atoms with Gasteiger partial charge in [-0.15, -0.1) is 0 Å². The van der Waals surface area contributed by atoms with Crippen molar-refractivity contribution in [3.05, 3.63) is 0 Å². The Morgan fingerprint density at radius 3 is 2.64 bits per heavy atom. The van der Waals surface area contributed by atoms with Crippen molar-refractivity contribution in [1.29, 1.82) is 0 Å². The van der Waals surface area contributed by atoms with Crippen molar-refractivity contribution in [2.45, 2.75) is 37.5 Å². The van der Waals surface area contributed by atoms with Crippen LogP contribution in [0.2, 0.25) is 0 Å². The third-order valence-corrected chi connectivity index (χ3v) is 2.89. The fourth-order valence-electron chi connectivity index (χ4n) is 2.19. The quantitative estimate of drug-likeness (QED) is 0.502. The second-order valence-electron chi connectivity index (χ2n) is 3.64. The van der Waals surface area contributed by atoms with Gasteiger partial charge in [-0.3, -0.25) is 4.90 Å². The van der Waals surface area contributed by atoms with Crippen LogP contribution in [0.3, 0.4) is 0 Å². The van der Waals surface area contributed by atoms with Crippen LogP contribution < -0.4 is 0 Å². The summed E-state index contributed by atoms with van der Waals surface area (Å²) in [6.07, 6.45) is 2.16. The van der Waals surface area contributed by atoms with Crippen LogP contribution in [-0.2, 0) is 0 Å². The van der Waals surface area contributed by atoms with E-state index in [1.54, 1.807) is 0 Å². The van der Waals surface area contributed by atoms with Crippen molar-refractivity contribution in [3.63, 3.8) is 0 Å². The minimum absolute atomic E-state index is 0.177. The van der Waals surface area contributed by atoms with Crippen LogP contribution in [0.4, 0.5) is 0 Å². The minimum atomic E-state index is -0.190. The first-order valence-corrected chi connectivity index (χ1v) is 4.37. The molecule has 0 aromatic rings. The Morgan fingerprint density at radius 1 is 1.09 bits per heavy atom. The van der Waals surface area contributed by atoms with Gasteiger partial charge in [-0.1, -0.05) is 0 Å². The average Bonchev–Trinajstić information content (AvgIpc) is 2.33. The van der Waals surface area contributed by atoms with E-state index in [0.717, 1.165) is 32.4 Å². The van der Waals surface area contributed by atoms with Crippen molar-refractivity contribution in [3.8, 4) is 0 Å². The molecule has 64 valence electrons. The van der Waals surface area contributed by atoms with Gasteiger partial charge in [0.2, 0.25) is 0 Å². The summed E-state index contributed by atoms with van der Waals surface area (Å²) in [7, 11) is 0. The lowest BCUT2D eigenvalue weighted by molar-refractivity contribution is 0.0230. The number of rotatable bonds is 0. The topological polar surface area (TPSA) is 43.7 Å². The number of hydrogen-bond donors (Lipinski definition) is 2. The highest BCUT2D eigenvalue weighted by Gasteiger charge is 2.36. The van der Waals surface area contributed by atoms with Gasteiger partial charge < -0.3 is 10.2 Å². The Hall–Kier alpha value is -0.120. The number of nitrogens with zero attached hydrogens (tertiary/aromatic N) is 1. The van der Waals surface area contributed by atoms with Crippen molar-refractivity contribution in [2.24, 2.45) is 0 Å². The Kier molecular flexibility index (Phi) is 1.87. The average molecular weight is 157 g/mol. The molecule has 0 aromatic heterocycles. The number of hydrogen-bond acceptors (Lipinski definition) is 3. The lowest BCUT2D eigenvalue weighted by atomic mass is 9.98. The summed E-state index contributed by atoms with van der Waals surface area (Å²) in [5, 5.41) is 18.8. The summed E-state index contributed by atoms with van der Waals surface area (Å²) >= 11 is 0. The van der Waals surface area contributed by atoms with E-state index in [9.17, 15) is 10.2 Å². The van der Waals surface area contributed by atoms with Crippen LogP contribution in [-0.4, -0.2) is 46.5 Å². The maximum absolute atomic E-state index is 9.49. The first-order valence-electron chi connectivity index (χ1n) is 4.37. The van der Waals surface area contributed by atoms with Crippen molar-refractivity contribution < 1.29 is 10.2 Å². The van der Waals surface area contributed by atoms with E-state index in [2.05, 4.69) is 4.90 Å². The van der Waals surface area contributed by atoms with E-state index in [0.29, 0.717) is 0 Å². The third kappa shape index (κ3) is 1.28. The van der Waals surface area contributed by atoms with E-state index in [4.69, 9.17) is 0 Å². The predicted octanol–water partition coefficient (Wildman–Crippen LogP) is -0.424. The molecule has 0 amide bonds. The van der Waals surface area contributed by atoms with Crippen LogP contribution in [0.25, 0.3) is 0 Å². The van der Waals surface area contributed by atoms with Gasteiger partial charge in [-0.05, 0) is 19.3 Å². The highest BCUT2D eigenvalue weighted by Crippen LogP contribution is 2.26. The number of fused-ring (bicyclic) bond motifs is 1. The maximum atomic E-state index is 9.49. The zero-order chi connectivity index (χ0) is 7.84. The van der Waals surface area contributed by atoms with Gasteiger partial charge in [0, 0.05) is 19.1 Å². The highest BCUT2D eigenvalue weighted by molar-refractivity contribution is 4.91. The first-order chi connectivity index (χ1) is 5.27. The molecule has 0 aromatic carbocycles. The zero-order valence-corrected chi connectivity index (χ0v) is 6.61. The lowest BCUT2D eigenvalue weighted by Gasteiger charge is -2.33. The summed E-state index contributed by atoms with van der Waals surface area (Å²) in [5.74, 6) is 0. The Bertz CT molecular complexity index is 151. The standard InChI is InChI=1S/C8H15NO2/c10-6-1-3-9-4-2-8(11)7(9)5-6/h6-8,10-11H,1-5H2/t6-,7-,8+/m0/s1. The molecule has 0 bridgehead atoms. The van der Waals surface area contributed by atoms with E-state index < -0.39 is 0 Å². The molecule has 3 heteroatoms. The van der Waals surface area contributed by atoms with Crippen LogP contribution >= 0.6 is 0 Å². The molecule has 2 aliphatic heterocycles. The van der Waals surface area contributed by atoms with Gasteiger partial charge in [0.15, 0.2) is 0 Å². The van der Waals surface area contributed by atoms with Gasteiger partial charge in [-0.2, -0.15) is 0 Å². The molecular formula is C8H15NO2. The van der Waals surface area contributed by atoms with Gasteiger partial charge >= 0.3 is 0 Å². The zero-order valence-electron chi connectivity index (χ0n) is 6.61. The molecule has 0 spiro atoms. The molecule has 2 N–H and O–H groups in total. The number of piperidine rings is 1. The van der Waals surface area contributed by atoms with Crippen LogP contribution in [0, 0.1) is 0 Å². The Balaban J connectivity index is 2.01. The van der Waals surface area contributed by atoms with Crippen molar-refractivity contribution in [2.75, 3.05) is 13.1 Å². The first kappa shape index (κ1) is 7.53. The molecule has 11 heavy (non-hydrogen) atoms. The molecule has 2 aliphatic rings. The predicted molar refractivity (Wildman–Crippen MR) is 41.2 cm³/mol. The monoisotopic (exact) mass is 157 g/mol. The lowest BCUT2D eigenvalue weighted by Crippen LogP contribution is -2.43. The van der Waals surface area contributed by atoms with E-state index in [1.807, 2.05) is 0 Å². The molecule has 3 nitrogen and oxygen atoms in total. The van der Waals surface area contributed by atoms with Crippen molar-refractivity contribution >= 4 is 0 Å². The van der Waals surface area contributed by atoms with Crippen LogP contribution in [0.15, 0.2) is 0 Å². The molecule has 0 aliphatic carbocycles. The van der Waals surface area contributed by atoms with Crippen molar-refractivity contribution in [1.82, 2.24) is 4.90 Å². The molecule has 2 saturated heterocycles. The second kappa shape index (κ2) is 2.73. The van der Waals surface area contributed by atoms with Crippen LogP contribution in [0.5, 0.6) is 0 Å². The SMILES string of the molecule is O[C@H]1CCN2CC[C@@H](O)[C@@H]2C1. The summed E-state index contributed by atoms with van der Waals surface area (Å²) in [4.78, 5) is 2.29. The molecule has 0 unspecified atom stereocenters. The Morgan fingerprint density at radius 2 is 1.82 bits per heavy atom. The van der Waals surface area contributed by atoms with Gasteiger partial charge in [0.1, 0.15) is 0 Å². The maximum Gasteiger partial charge on any atom is 0.0708 e.